The van der Waals surface area contributed by atoms with Gasteiger partial charge < -0.3 is 4.57 Å². The SMILES string of the molecule is Cn1ccnc1CCc1ccccc1Br. The molecule has 2 rings (SSSR count). The molecule has 0 atom stereocenters. The molecule has 15 heavy (non-hydrogen) atoms. The average molecular weight is 265 g/mol. The van der Waals surface area contributed by atoms with Crippen molar-refractivity contribution in [2.75, 3.05) is 0 Å². The normalized spacial score (nSPS) is 10.5. The number of benzene rings is 1. The second-order valence-electron chi connectivity index (χ2n) is 3.55. The van der Waals surface area contributed by atoms with E-state index in [9.17, 15) is 0 Å². The molecule has 0 spiro atoms. The molecule has 0 amide bonds. The van der Waals surface area contributed by atoms with E-state index in [4.69, 9.17) is 0 Å². The first-order valence-electron chi connectivity index (χ1n) is 4.97. The van der Waals surface area contributed by atoms with Gasteiger partial charge in [-0.3, -0.25) is 0 Å². The van der Waals surface area contributed by atoms with Crippen LogP contribution in [0, 0.1) is 0 Å². The van der Waals surface area contributed by atoms with Crippen LogP contribution in [0.25, 0.3) is 0 Å². The minimum atomic E-state index is 0.978. The van der Waals surface area contributed by atoms with Gasteiger partial charge in [-0.05, 0) is 18.1 Å². The highest BCUT2D eigenvalue weighted by atomic mass is 79.9. The van der Waals surface area contributed by atoms with Crippen LogP contribution in [0.3, 0.4) is 0 Å². The number of aryl methyl sites for hydroxylation is 3. The van der Waals surface area contributed by atoms with Crippen molar-refractivity contribution in [3.63, 3.8) is 0 Å². The van der Waals surface area contributed by atoms with Gasteiger partial charge in [0, 0.05) is 30.3 Å². The predicted molar refractivity (Wildman–Crippen MR) is 64.8 cm³/mol. The van der Waals surface area contributed by atoms with E-state index < -0.39 is 0 Å². The molecule has 1 aromatic heterocycles. The van der Waals surface area contributed by atoms with Crippen molar-refractivity contribution in [2.24, 2.45) is 7.05 Å². The van der Waals surface area contributed by atoms with Gasteiger partial charge >= 0.3 is 0 Å². The fourth-order valence-corrected chi connectivity index (χ4v) is 2.07. The second kappa shape index (κ2) is 4.62. The van der Waals surface area contributed by atoms with Gasteiger partial charge in [0.05, 0.1) is 0 Å². The van der Waals surface area contributed by atoms with Gasteiger partial charge in [0.1, 0.15) is 5.82 Å². The van der Waals surface area contributed by atoms with Crippen LogP contribution in [0.2, 0.25) is 0 Å². The Morgan fingerprint density at radius 1 is 1.27 bits per heavy atom. The number of aromatic nitrogens is 2. The minimum absolute atomic E-state index is 0.978. The maximum absolute atomic E-state index is 4.31. The van der Waals surface area contributed by atoms with Crippen LogP contribution in [0.5, 0.6) is 0 Å². The van der Waals surface area contributed by atoms with Crippen molar-refractivity contribution in [3.8, 4) is 0 Å². The summed E-state index contributed by atoms with van der Waals surface area (Å²) in [5.74, 6) is 1.13. The first kappa shape index (κ1) is 10.4. The Hall–Kier alpha value is -1.09. The van der Waals surface area contributed by atoms with Crippen molar-refractivity contribution in [3.05, 3.63) is 52.5 Å². The van der Waals surface area contributed by atoms with Crippen LogP contribution >= 0.6 is 15.9 Å². The third kappa shape index (κ3) is 2.48. The van der Waals surface area contributed by atoms with Gasteiger partial charge in [0.15, 0.2) is 0 Å². The summed E-state index contributed by atoms with van der Waals surface area (Å²) in [7, 11) is 2.03. The summed E-state index contributed by atoms with van der Waals surface area (Å²) in [6, 6.07) is 8.33. The highest BCUT2D eigenvalue weighted by Crippen LogP contribution is 2.17. The van der Waals surface area contributed by atoms with Gasteiger partial charge in [-0.2, -0.15) is 0 Å². The van der Waals surface area contributed by atoms with Crippen molar-refractivity contribution in [1.29, 1.82) is 0 Å². The molecule has 0 unspecified atom stereocenters. The molecule has 2 aromatic rings. The number of hydrogen-bond acceptors (Lipinski definition) is 1. The Labute approximate surface area is 98.1 Å². The third-order valence-corrected chi connectivity index (χ3v) is 3.27. The van der Waals surface area contributed by atoms with Crippen molar-refractivity contribution >= 4 is 15.9 Å². The van der Waals surface area contributed by atoms with E-state index >= 15 is 0 Å². The molecule has 0 N–H and O–H groups in total. The average Bonchev–Trinajstić information content (AvgIpc) is 2.63. The molecule has 78 valence electrons. The predicted octanol–water partition coefficient (Wildman–Crippen LogP) is 2.97. The molecule has 0 aliphatic rings. The molecule has 0 saturated heterocycles. The van der Waals surface area contributed by atoms with E-state index in [0.717, 1.165) is 18.7 Å². The van der Waals surface area contributed by atoms with E-state index in [1.807, 2.05) is 25.5 Å². The van der Waals surface area contributed by atoms with Crippen LogP contribution in [0.15, 0.2) is 41.1 Å². The van der Waals surface area contributed by atoms with Crippen LogP contribution in [0.1, 0.15) is 11.4 Å². The molecule has 1 heterocycles. The van der Waals surface area contributed by atoms with E-state index in [1.165, 1.54) is 10.0 Å². The van der Waals surface area contributed by atoms with E-state index in [2.05, 4.69) is 43.7 Å². The van der Waals surface area contributed by atoms with Crippen molar-refractivity contribution < 1.29 is 0 Å². The summed E-state index contributed by atoms with van der Waals surface area (Å²) >= 11 is 3.55. The molecule has 0 radical (unpaired) electrons. The lowest BCUT2D eigenvalue weighted by Crippen LogP contribution is -2.00. The fraction of sp³-hybridized carbons (Fsp3) is 0.250. The van der Waals surface area contributed by atoms with Gasteiger partial charge in [0.25, 0.3) is 0 Å². The number of halogens is 1. The Morgan fingerprint density at radius 2 is 2.07 bits per heavy atom. The zero-order chi connectivity index (χ0) is 10.7. The second-order valence-corrected chi connectivity index (χ2v) is 4.40. The molecule has 0 saturated carbocycles. The quantitative estimate of drug-likeness (QED) is 0.834. The molecule has 3 heteroatoms. The summed E-state index contributed by atoms with van der Waals surface area (Å²) in [4.78, 5) is 4.31. The lowest BCUT2D eigenvalue weighted by atomic mass is 10.1. The fourth-order valence-electron chi connectivity index (χ4n) is 1.58. The number of rotatable bonds is 3. The molecule has 0 bridgehead atoms. The Morgan fingerprint density at radius 3 is 2.73 bits per heavy atom. The molecular formula is C12H13BrN2. The van der Waals surface area contributed by atoms with Gasteiger partial charge in [0.2, 0.25) is 0 Å². The maximum Gasteiger partial charge on any atom is 0.108 e. The van der Waals surface area contributed by atoms with E-state index in [1.54, 1.807) is 0 Å². The first-order chi connectivity index (χ1) is 7.27. The summed E-state index contributed by atoms with van der Waals surface area (Å²) in [5.41, 5.74) is 1.33. The van der Waals surface area contributed by atoms with Gasteiger partial charge in [-0.25, -0.2) is 4.98 Å². The summed E-state index contributed by atoms with van der Waals surface area (Å²) in [5, 5.41) is 0. The van der Waals surface area contributed by atoms with Crippen LogP contribution in [0.4, 0.5) is 0 Å². The molecule has 2 nitrogen and oxygen atoms in total. The van der Waals surface area contributed by atoms with Gasteiger partial charge in [-0.15, -0.1) is 0 Å². The number of hydrogen-bond donors (Lipinski definition) is 0. The van der Waals surface area contributed by atoms with E-state index in [0.29, 0.717) is 0 Å². The molecule has 0 aliphatic carbocycles. The monoisotopic (exact) mass is 264 g/mol. The Balaban J connectivity index is 2.06. The third-order valence-electron chi connectivity index (χ3n) is 2.50. The lowest BCUT2D eigenvalue weighted by molar-refractivity contribution is 0.770. The molecule has 1 aromatic carbocycles. The summed E-state index contributed by atoms with van der Waals surface area (Å²) in [6.45, 7) is 0. The van der Waals surface area contributed by atoms with Crippen molar-refractivity contribution in [1.82, 2.24) is 9.55 Å². The number of nitrogens with zero attached hydrogens (tertiary/aromatic N) is 2. The summed E-state index contributed by atoms with van der Waals surface area (Å²) < 4.78 is 3.25. The standard InChI is InChI=1S/C12H13BrN2/c1-15-9-8-14-12(15)7-6-10-4-2-3-5-11(10)13/h2-5,8-9H,6-7H2,1H3. The first-order valence-corrected chi connectivity index (χ1v) is 5.76. The smallest absolute Gasteiger partial charge is 0.108 e. The molecule has 0 fully saturated rings. The van der Waals surface area contributed by atoms with Crippen molar-refractivity contribution in [2.45, 2.75) is 12.8 Å². The van der Waals surface area contributed by atoms with Crippen LogP contribution in [-0.4, -0.2) is 9.55 Å². The minimum Gasteiger partial charge on any atom is -0.338 e. The zero-order valence-electron chi connectivity index (χ0n) is 8.65. The Bertz CT molecular complexity index is 448. The molecule has 0 aliphatic heterocycles. The topological polar surface area (TPSA) is 17.8 Å². The Kier molecular flexibility index (Phi) is 3.21. The maximum atomic E-state index is 4.31. The lowest BCUT2D eigenvalue weighted by Gasteiger charge is -2.04. The van der Waals surface area contributed by atoms with Crippen LogP contribution < -0.4 is 0 Å². The number of imidazole rings is 1. The summed E-state index contributed by atoms with van der Waals surface area (Å²) in [6.07, 6.45) is 5.82. The van der Waals surface area contributed by atoms with E-state index in [-0.39, 0.29) is 0 Å². The molecular weight excluding hydrogens is 252 g/mol. The highest BCUT2D eigenvalue weighted by molar-refractivity contribution is 9.10. The largest absolute Gasteiger partial charge is 0.338 e. The van der Waals surface area contributed by atoms with Crippen LogP contribution in [-0.2, 0) is 19.9 Å². The zero-order valence-corrected chi connectivity index (χ0v) is 10.2. The van der Waals surface area contributed by atoms with Gasteiger partial charge in [-0.1, -0.05) is 34.1 Å². The highest BCUT2D eigenvalue weighted by Gasteiger charge is 2.02.